The van der Waals surface area contributed by atoms with E-state index in [2.05, 4.69) is 29.5 Å². The van der Waals surface area contributed by atoms with Gasteiger partial charge in [-0.1, -0.05) is 69.3 Å². The van der Waals surface area contributed by atoms with Crippen LogP contribution in [0.2, 0.25) is 0 Å². The van der Waals surface area contributed by atoms with Crippen molar-refractivity contribution in [3.63, 3.8) is 0 Å². The van der Waals surface area contributed by atoms with Crippen molar-refractivity contribution >= 4 is 69.6 Å². The molecule has 4 aromatic rings. The summed E-state index contributed by atoms with van der Waals surface area (Å²) in [5.74, 6) is -1.28. The van der Waals surface area contributed by atoms with Gasteiger partial charge < -0.3 is 35.0 Å². The standard InChI is InChI=1S/C53H58F3N7O7S2/c1-50(2,3)44(47(67)61-29-39(64)26-42(61)46(66)58-28-32-9-11-35(12-10-32)45-51(4,5)59-31-72-45)60-43(65)30-69-23-8-24-70-40-21-16-34(17-22-40)33-13-18-37(19-14-33)63-49(71)62(48(68)52(63,6)7)38-20-15-36(27-57)41(25-38)53(54,55)56/h9-22,25,31,39,42,44-45,64H,8,23-24,26,28-30H2,1-7H3,(H,58,66)(H,60,65)/t39-,42+,44-,45?/m1/s1. The first-order chi connectivity index (χ1) is 33.9. The summed E-state index contributed by atoms with van der Waals surface area (Å²) in [5, 5.41) is 25.8. The summed E-state index contributed by atoms with van der Waals surface area (Å²) in [4.78, 5) is 62.8. The summed E-state index contributed by atoms with van der Waals surface area (Å²) >= 11 is 7.35. The van der Waals surface area contributed by atoms with E-state index in [0.717, 1.165) is 39.3 Å². The van der Waals surface area contributed by atoms with E-state index >= 15 is 0 Å². The molecule has 14 nitrogen and oxygen atoms in total. The predicted octanol–water partition coefficient (Wildman–Crippen LogP) is 8.35. The van der Waals surface area contributed by atoms with Crippen LogP contribution in [0, 0.1) is 16.7 Å². The van der Waals surface area contributed by atoms with Crippen LogP contribution in [0.1, 0.15) is 88.8 Å². The summed E-state index contributed by atoms with van der Waals surface area (Å²) in [6, 6.07) is 25.3. The Kier molecular flexibility index (Phi) is 15.9. The first-order valence-corrected chi connectivity index (χ1v) is 24.8. The van der Waals surface area contributed by atoms with Gasteiger partial charge in [-0.05, 0) is 110 Å². The van der Waals surface area contributed by atoms with Crippen LogP contribution in [-0.2, 0) is 36.6 Å². The molecule has 0 radical (unpaired) electrons. The van der Waals surface area contributed by atoms with Crippen LogP contribution >= 0.6 is 24.0 Å². The molecule has 1 unspecified atom stereocenters. The van der Waals surface area contributed by atoms with Gasteiger partial charge in [-0.3, -0.25) is 29.1 Å². The molecule has 3 aliphatic heterocycles. The molecule has 0 spiro atoms. The SMILES string of the molecule is CC1(C)N=CSC1c1ccc(CNC(=O)[C@@H]2C[C@@H](O)CN2C(=O)[C@@H](NC(=O)COCCCOc2ccc(-c3ccc(N4C(=S)N(c5ccc(C#N)c(C(F)(F)F)c5)C(=O)C4(C)C)cc3)cc2)C(C)(C)C)cc1. The number of carbonyl (C=O) groups is 4. The van der Waals surface area contributed by atoms with Gasteiger partial charge in [0.25, 0.3) is 5.91 Å². The molecule has 4 aromatic carbocycles. The average Bonchev–Trinajstić information content (AvgIpc) is 3.96. The minimum Gasteiger partial charge on any atom is -0.494 e. The fraction of sp³-hybridized carbons (Fsp3) is 0.415. The molecule has 19 heteroatoms. The lowest BCUT2D eigenvalue weighted by atomic mass is 9.85. The Morgan fingerprint density at radius 3 is 2.18 bits per heavy atom. The number of β-amino-alcohol motifs (C(OH)–C–C–N with tert-alkyl or cyclic N) is 1. The second-order valence-corrected chi connectivity index (χ2v) is 21.4. The van der Waals surface area contributed by atoms with E-state index in [4.69, 9.17) is 21.7 Å². The van der Waals surface area contributed by atoms with E-state index in [1.54, 1.807) is 48.7 Å². The van der Waals surface area contributed by atoms with Crippen LogP contribution in [0.3, 0.4) is 0 Å². The monoisotopic (exact) mass is 1030 g/mol. The van der Waals surface area contributed by atoms with Gasteiger partial charge in [0.2, 0.25) is 17.7 Å². The third-order valence-electron chi connectivity index (χ3n) is 12.9. The first-order valence-electron chi connectivity index (χ1n) is 23.5. The maximum Gasteiger partial charge on any atom is 0.417 e. The fourth-order valence-corrected chi connectivity index (χ4v) is 10.6. The average molecular weight is 1030 g/mol. The number of amides is 4. The molecule has 72 heavy (non-hydrogen) atoms. The molecule has 0 bridgehead atoms. The summed E-state index contributed by atoms with van der Waals surface area (Å²) in [6.07, 6.45) is -5.17. The number of aliphatic hydroxyl groups excluding tert-OH is 1. The van der Waals surface area contributed by atoms with Gasteiger partial charge in [0.15, 0.2) is 5.11 Å². The molecule has 3 heterocycles. The maximum absolute atomic E-state index is 14.0. The van der Waals surface area contributed by atoms with Crippen molar-refractivity contribution in [2.75, 3.05) is 36.2 Å². The molecule has 3 aliphatic rings. The van der Waals surface area contributed by atoms with Gasteiger partial charge in [-0.25, -0.2) is 0 Å². The molecular weight excluding hydrogens is 968 g/mol. The molecule has 2 fully saturated rings. The zero-order chi connectivity index (χ0) is 52.3. The number of halogens is 3. The van der Waals surface area contributed by atoms with Gasteiger partial charge in [-0.2, -0.15) is 18.4 Å². The number of rotatable bonds is 16. The molecular formula is C53H58F3N7O7S2. The van der Waals surface area contributed by atoms with Crippen LogP contribution in [0.4, 0.5) is 24.5 Å². The number of likely N-dealkylation sites (tertiary alicyclic amines) is 1. The molecule has 380 valence electrons. The molecule has 2 saturated heterocycles. The largest absolute Gasteiger partial charge is 0.494 e. The number of nitrogens with one attached hydrogen (secondary N) is 2. The number of aliphatic hydroxyl groups is 1. The van der Waals surface area contributed by atoms with Gasteiger partial charge >= 0.3 is 6.18 Å². The van der Waals surface area contributed by atoms with Crippen molar-refractivity contribution in [2.24, 2.45) is 10.4 Å². The summed E-state index contributed by atoms with van der Waals surface area (Å²) in [6.45, 7) is 13.3. The summed E-state index contributed by atoms with van der Waals surface area (Å²) in [5.41, 5.74) is 2.20. The fourth-order valence-electron chi connectivity index (χ4n) is 8.91. The molecule has 4 amide bonds. The first kappa shape index (κ1) is 53.5. The number of anilines is 2. The molecule has 0 aliphatic carbocycles. The number of thioether (sulfide) groups is 1. The number of ether oxygens (including phenoxy) is 2. The van der Waals surface area contributed by atoms with E-state index in [0.29, 0.717) is 24.5 Å². The van der Waals surface area contributed by atoms with E-state index in [1.807, 2.05) is 87.0 Å². The number of hydrogen-bond donors (Lipinski definition) is 3. The highest BCUT2D eigenvalue weighted by atomic mass is 32.2. The Morgan fingerprint density at radius 1 is 0.944 bits per heavy atom. The number of aliphatic imine (C=N–C) groups is 1. The Bertz CT molecular complexity index is 2760. The van der Waals surface area contributed by atoms with Gasteiger partial charge in [0, 0.05) is 31.6 Å². The number of nitrogens with zero attached hydrogens (tertiary/aromatic N) is 5. The lowest BCUT2D eigenvalue weighted by molar-refractivity contribution is -0.144. The van der Waals surface area contributed by atoms with Crippen LogP contribution in [0.25, 0.3) is 11.1 Å². The topological polar surface area (TPSA) is 177 Å². The molecule has 7 rings (SSSR count). The van der Waals surface area contributed by atoms with Crippen LogP contribution < -0.4 is 25.2 Å². The van der Waals surface area contributed by atoms with E-state index in [-0.39, 0.29) is 60.2 Å². The van der Waals surface area contributed by atoms with Crippen molar-refractivity contribution in [3.8, 4) is 22.9 Å². The van der Waals surface area contributed by atoms with Crippen molar-refractivity contribution in [1.29, 1.82) is 5.26 Å². The van der Waals surface area contributed by atoms with Crippen molar-refractivity contribution in [1.82, 2.24) is 15.5 Å². The Morgan fingerprint density at radius 2 is 1.58 bits per heavy atom. The number of alkyl halides is 3. The van der Waals surface area contributed by atoms with Crippen molar-refractivity contribution < 1.29 is 46.9 Å². The second kappa shape index (κ2) is 21.4. The highest BCUT2D eigenvalue weighted by Crippen LogP contribution is 2.44. The number of thiocarbonyl (C=S) groups is 1. The normalized spacial score (nSPS) is 19.9. The molecule has 3 N–H and O–H groups in total. The minimum atomic E-state index is -4.81. The molecule has 0 aromatic heterocycles. The van der Waals surface area contributed by atoms with Gasteiger partial charge in [-0.15, -0.1) is 11.8 Å². The number of benzene rings is 4. The number of hydrogen-bond acceptors (Lipinski definition) is 11. The van der Waals surface area contributed by atoms with E-state index < -0.39 is 64.2 Å². The Labute approximate surface area is 426 Å². The van der Waals surface area contributed by atoms with Crippen molar-refractivity contribution in [2.45, 2.75) is 109 Å². The van der Waals surface area contributed by atoms with E-state index in [1.165, 1.54) is 11.0 Å². The maximum atomic E-state index is 14.0. The summed E-state index contributed by atoms with van der Waals surface area (Å²) in [7, 11) is 0. The lowest BCUT2D eigenvalue weighted by Crippen LogP contribution is -2.58. The van der Waals surface area contributed by atoms with Crippen molar-refractivity contribution in [3.05, 3.63) is 113 Å². The molecule has 4 atom stereocenters. The zero-order valence-electron chi connectivity index (χ0n) is 41.1. The van der Waals surface area contributed by atoms with Crippen LogP contribution in [0.5, 0.6) is 5.75 Å². The highest BCUT2D eigenvalue weighted by Gasteiger charge is 2.51. The summed E-state index contributed by atoms with van der Waals surface area (Å²) < 4.78 is 52.9. The minimum absolute atomic E-state index is 0.00282. The zero-order valence-corrected chi connectivity index (χ0v) is 42.7. The van der Waals surface area contributed by atoms with Gasteiger partial charge in [0.05, 0.1) is 58.5 Å². The van der Waals surface area contributed by atoms with Crippen LogP contribution in [-0.4, -0.2) is 99.9 Å². The third kappa shape index (κ3) is 11.8. The quantitative estimate of drug-likeness (QED) is 0.0727. The highest BCUT2D eigenvalue weighted by molar-refractivity contribution is 8.12. The number of carbonyl (C=O) groups excluding carboxylic acids is 4. The molecule has 0 saturated carbocycles. The van der Waals surface area contributed by atoms with Gasteiger partial charge in [0.1, 0.15) is 30.0 Å². The third-order valence-corrected chi connectivity index (χ3v) is 14.6. The Balaban J connectivity index is 0.857. The van der Waals surface area contributed by atoms with Crippen LogP contribution in [0.15, 0.2) is 96.0 Å². The number of nitriles is 1. The Hall–Kier alpha value is -6.33. The smallest absolute Gasteiger partial charge is 0.417 e. The lowest BCUT2D eigenvalue weighted by Gasteiger charge is -2.35. The predicted molar refractivity (Wildman–Crippen MR) is 274 cm³/mol. The second-order valence-electron chi connectivity index (χ2n) is 20.1. The van der Waals surface area contributed by atoms with E-state index in [9.17, 15) is 42.7 Å².